The minimum absolute atomic E-state index is 0.0144. The number of allylic oxidation sites excluding steroid dienone is 1. The van der Waals surface area contributed by atoms with E-state index in [1.165, 1.54) is 32.1 Å². The quantitative estimate of drug-likeness (QED) is 0.321. The number of halogens is 1. The van der Waals surface area contributed by atoms with Crippen molar-refractivity contribution in [3.8, 4) is 0 Å². The van der Waals surface area contributed by atoms with Crippen LogP contribution in [0.4, 0.5) is 0 Å². The summed E-state index contributed by atoms with van der Waals surface area (Å²) < 4.78 is 7.68. The van der Waals surface area contributed by atoms with Crippen molar-refractivity contribution in [3.63, 3.8) is 0 Å². The van der Waals surface area contributed by atoms with Crippen LogP contribution < -0.4 is 0 Å². The lowest BCUT2D eigenvalue weighted by Crippen LogP contribution is -2.24. The Morgan fingerprint density at radius 2 is 2.05 bits per heavy atom. The Morgan fingerprint density at radius 1 is 1.26 bits per heavy atom. The highest BCUT2D eigenvalue weighted by Crippen LogP contribution is 2.28. The molecule has 1 aliphatic carbocycles. The number of carbonyl (C=O) groups is 1. The van der Waals surface area contributed by atoms with Crippen molar-refractivity contribution in [2.75, 3.05) is 0 Å². The molecule has 0 radical (unpaired) electrons. The van der Waals surface area contributed by atoms with Crippen LogP contribution in [0.5, 0.6) is 0 Å². The van der Waals surface area contributed by atoms with Gasteiger partial charge in [0.1, 0.15) is 6.10 Å². The molecular weight excluding hydrogens is 351 g/mol. The van der Waals surface area contributed by atoms with Gasteiger partial charge in [-0.3, -0.25) is 4.79 Å². The molecular formula is C16H27IO2. The Kier molecular flexibility index (Phi) is 9.57. The minimum atomic E-state index is 0.0144. The number of carbonyl (C=O) groups excluding carboxylic acids is 1. The van der Waals surface area contributed by atoms with Gasteiger partial charge in [-0.15, -0.1) is 0 Å². The van der Waals surface area contributed by atoms with Crippen molar-refractivity contribution in [2.45, 2.75) is 77.2 Å². The zero-order valence-electron chi connectivity index (χ0n) is 12.1. The van der Waals surface area contributed by atoms with Crippen molar-refractivity contribution >= 4 is 28.6 Å². The molecule has 0 bridgehead atoms. The standard InChI is InChI=1S/C16H27IO2/c1-2-3-4-5-6-10-16(18)19-15-9-7-8-14(13-15)11-12-17/h11-12,14-15H,2-10,13H2,1H3/b12-11-/t14-,15-/m0/s1. The van der Waals surface area contributed by atoms with E-state index in [1.54, 1.807) is 0 Å². The van der Waals surface area contributed by atoms with Crippen molar-refractivity contribution in [1.29, 1.82) is 0 Å². The van der Waals surface area contributed by atoms with Gasteiger partial charge in [-0.1, -0.05) is 61.3 Å². The summed E-state index contributed by atoms with van der Waals surface area (Å²) in [7, 11) is 0. The van der Waals surface area contributed by atoms with Crippen molar-refractivity contribution in [2.24, 2.45) is 5.92 Å². The number of hydrogen-bond acceptors (Lipinski definition) is 2. The molecule has 0 spiro atoms. The molecule has 3 heteroatoms. The van der Waals surface area contributed by atoms with Gasteiger partial charge in [0.2, 0.25) is 0 Å². The highest BCUT2D eigenvalue weighted by Gasteiger charge is 2.22. The first-order chi connectivity index (χ1) is 9.26. The lowest BCUT2D eigenvalue weighted by molar-refractivity contribution is -0.151. The second-order valence-electron chi connectivity index (χ2n) is 5.52. The van der Waals surface area contributed by atoms with E-state index in [4.69, 9.17) is 4.74 Å². The zero-order valence-corrected chi connectivity index (χ0v) is 14.2. The molecule has 0 aromatic carbocycles. The Bertz CT molecular complexity index is 276. The Labute approximate surface area is 131 Å². The molecule has 2 atom stereocenters. The van der Waals surface area contributed by atoms with E-state index in [-0.39, 0.29) is 12.1 Å². The molecule has 0 aliphatic heterocycles. The highest BCUT2D eigenvalue weighted by atomic mass is 127. The topological polar surface area (TPSA) is 26.3 Å². The number of hydrogen-bond donors (Lipinski definition) is 0. The minimum Gasteiger partial charge on any atom is -0.462 e. The summed E-state index contributed by atoms with van der Waals surface area (Å²) in [5.41, 5.74) is 0. The fraction of sp³-hybridized carbons (Fsp3) is 0.812. The molecule has 0 aromatic rings. The molecule has 2 nitrogen and oxygen atoms in total. The van der Waals surface area contributed by atoms with Gasteiger partial charge < -0.3 is 4.74 Å². The average Bonchev–Trinajstić information content (AvgIpc) is 2.39. The largest absolute Gasteiger partial charge is 0.462 e. The van der Waals surface area contributed by atoms with Gasteiger partial charge in [0.15, 0.2) is 0 Å². The number of unbranched alkanes of at least 4 members (excludes halogenated alkanes) is 4. The predicted molar refractivity (Wildman–Crippen MR) is 88.4 cm³/mol. The van der Waals surface area contributed by atoms with Crippen LogP contribution in [-0.4, -0.2) is 12.1 Å². The van der Waals surface area contributed by atoms with Crippen LogP contribution in [0.3, 0.4) is 0 Å². The van der Waals surface area contributed by atoms with Gasteiger partial charge in [-0.2, -0.15) is 0 Å². The second-order valence-corrected chi connectivity index (χ2v) is 6.24. The molecule has 1 fully saturated rings. The molecule has 0 saturated heterocycles. The van der Waals surface area contributed by atoms with Gasteiger partial charge in [0, 0.05) is 6.42 Å². The molecule has 110 valence electrons. The molecule has 0 aromatic heterocycles. The van der Waals surface area contributed by atoms with Crippen LogP contribution in [0.25, 0.3) is 0 Å². The fourth-order valence-corrected chi connectivity index (χ4v) is 3.27. The van der Waals surface area contributed by atoms with Crippen molar-refractivity contribution in [3.05, 3.63) is 10.2 Å². The lowest BCUT2D eigenvalue weighted by Gasteiger charge is -2.27. The molecule has 0 amide bonds. The third kappa shape index (κ3) is 7.95. The molecule has 0 unspecified atom stereocenters. The Hall–Kier alpha value is -0.0600. The van der Waals surface area contributed by atoms with E-state index in [0.717, 1.165) is 25.7 Å². The Morgan fingerprint density at radius 3 is 2.79 bits per heavy atom. The van der Waals surface area contributed by atoms with Crippen LogP contribution >= 0.6 is 22.6 Å². The Balaban J connectivity index is 2.13. The summed E-state index contributed by atoms with van der Waals surface area (Å²) in [5, 5.41) is 0. The molecule has 19 heavy (non-hydrogen) atoms. The van der Waals surface area contributed by atoms with Crippen molar-refractivity contribution < 1.29 is 9.53 Å². The number of ether oxygens (including phenoxy) is 1. The summed E-state index contributed by atoms with van der Waals surface area (Å²) >= 11 is 2.26. The maximum Gasteiger partial charge on any atom is 0.306 e. The molecule has 0 heterocycles. The van der Waals surface area contributed by atoms with E-state index in [2.05, 4.69) is 39.7 Å². The van der Waals surface area contributed by atoms with E-state index >= 15 is 0 Å². The summed E-state index contributed by atoms with van der Waals surface area (Å²) in [5.74, 6) is 0.619. The summed E-state index contributed by atoms with van der Waals surface area (Å²) in [6.45, 7) is 2.21. The lowest BCUT2D eigenvalue weighted by atomic mass is 9.87. The molecule has 1 saturated carbocycles. The normalized spacial score (nSPS) is 23.7. The fourth-order valence-electron chi connectivity index (χ4n) is 2.68. The maximum absolute atomic E-state index is 11.8. The molecule has 1 rings (SSSR count). The number of esters is 1. The van der Waals surface area contributed by atoms with E-state index in [0.29, 0.717) is 12.3 Å². The maximum atomic E-state index is 11.8. The van der Waals surface area contributed by atoms with Crippen LogP contribution in [0, 0.1) is 5.92 Å². The van der Waals surface area contributed by atoms with E-state index in [9.17, 15) is 4.79 Å². The van der Waals surface area contributed by atoms with Gasteiger partial charge >= 0.3 is 5.97 Å². The van der Waals surface area contributed by atoms with Gasteiger partial charge in [0.25, 0.3) is 0 Å². The van der Waals surface area contributed by atoms with E-state index in [1.807, 2.05) is 0 Å². The first kappa shape index (κ1) is 17.0. The molecule has 0 N–H and O–H groups in total. The second kappa shape index (κ2) is 10.7. The average molecular weight is 378 g/mol. The van der Waals surface area contributed by atoms with Crippen molar-refractivity contribution in [1.82, 2.24) is 0 Å². The monoisotopic (exact) mass is 378 g/mol. The summed E-state index contributed by atoms with van der Waals surface area (Å²) in [6.07, 6.45) is 13.4. The van der Waals surface area contributed by atoms with Crippen LogP contribution in [-0.2, 0) is 9.53 Å². The van der Waals surface area contributed by atoms with Gasteiger partial charge in [0.05, 0.1) is 0 Å². The SMILES string of the molecule is CCCCCCCC(=O)O[C@H]1CCC[C@@H](/C=C\I)C1. The third-order valence-corrected chi connectivity index (χ3v) is 4.21. The van der Waals surface area contributed by atoms with Crippen LogP contribution in [0.1, 0.15) is 71.1 Å². The smallest absolute Gasteiger partial charge is 0.306 e. The van der Waals surface area contributed by atoms with Gasteiger partial charge in [-0.25, -0.2) is 0 Å². The van der Waals surface area contributed by atoms with Gasteiger partial charge in [-0.05, 0) is 42.1 Å². The summed E-state index contributed by atoms with van der Waals surface area (Å²) in [4.78, 5) is 11.8. The summed E-state index contributed by atoms with van der Waals surface area (Å²) in [6, 6.07) is 0. The first-order valence-electron chi connectivity index (χ1n) is 7.72. The predicted octanol–water partition coefficient (Wildman–Crippen LogP) is 5.40. The van der Waals surface area contributed by atoms with E-state index < -0.39 is 0 Å². The zero-order chi connectivity index (χ0) is 13.9. The molecule has 1 aliphatic rings. The van der Waals surface area contributed by atoms with Crippen LogP contribution in [0.15, 0.2) is 10.2 Å². The highest BCUT2D eigenvalue weighted by molar-refractivity contribution is 14.1. The third-order valence-electron chi connectivity index (χ3n) is 3.79. The number of rotatable bonds is 8. The van der Waals surface area contributed by atoms with Crippen LogP contribution in [0.2, 0.25) is 0 Å². The first-order valence-corrected chi connectivity index (χ1v) is 8.97.